The van der Waals surface area contributed by atoms with E-state index in [-0.39, 0.29) is 44.0 Å². The van der Waals surface area contributed by atoms with Crippen LogP contribution in [0.25, 0.3) is 0 Å². The first-order valence-corrected chi connectivity index (χ1v) is 27.8. The summed E-state index contributed by atoms with van der Waals surface area (Å²) in [4.78, 5) is 38.1. The molecule has 6 nitrogen and oxygen atoms in total. The summed E-state index contributed by atoms with van der Waals surface area (Å²) in [6, 6.07) is 0. The van der Waals surface area contributed by atoms with Crippen LogP contribution in [0.1, 0.15) is 220 Å². The van der Waals surface area contributed by atoms with Crippen molar-refractivity contribution < 1.29 is 28.6 Å². The van der Waals surface area contributed by atoms with Gasteiger partial charge in [-0.05, 0) is 122 Å². The predicted octanol–water partition coefficient (Wildman–Crippen LogP) is 18.8. The molecular weight excluding hydrogens is 865 g/mol. The number of ether oxygens (including phenoxy) is 3. The van der Waals surface area contributed by atoms with Gasteiger partial charge >= 0.3 is 17.9 Å². The highest BCUT2D eigenvalue weighted by molar-refractivity contribution is 5.71. The molecule has 0 heterocycles. The maximum atomic E-state index is 12.8. The third-order valence-electron chi connectivity index (χ3n) is 11.1. The molecule has 0 aliphatic rings. The second-order valence-electron chi connectivity index (χ2n) is 17.7. The molecule has 0 aromatic carbocycles. The van der Waals surface area contributed by atoms with Crippen molar-refractivity contribution in [2.24, 2.45) is 0 Å². The summed E-state index contributed by atoms with van der Waals surface area (Å²) in [5.74, 6) is -1.10. The number of rotatable bonds is 48. The van der Waals surface area contributed by atoms with Gasteiger partial charge in [0.1, 0.15) is 13.2 Å². The fourth-order valence-electron chi connectivity index (χ4n) is 6.97. The molecule has 6 heteroatoms. The first kappa shape index (κ1) is 65.3. The number of carbonyl (C=O) groups is 3. The van der Waals surface area contributed by atoms with E-state index in [0.29, 0.717) is 19.3 Å². The summed E-state index contributed by atoms with van der Waals surface area (Å²) in [7, 11) is 0. The Morgan fingerprint density at radius 1 is 0.300 bits per heavy atom. The third kappa shape index (κ3) is 54.2. The highest BCUT2D eigenvalue weighted by atomic mass is 16.6. The van der Waals surface area contributed by atoms with Gasteiger partial charge in [0.05, 0.1) is 0 Å². The zero-order valence-corrected chi connectivity index (χ0v) is 44.7. The van der Waals surface area contributed by atoms with Gasteiger partial charge in [-0.1, -0.05) is 224 Å². The Bertz CT molecular complexity index is 1580. The van der Waals surface area contributed by atoms with E-state index in [2.05, 4.69) is 154 Å². The fraction of sp³-hybridized carbons (Fsp3) is 0.578. The molecule has 392 valence electrons. The van der Waals surface area contributed by atoms with Crippen LogP contribution in [0.5, 0.6) is 0 Å². The third-order valence-corrected chi connectivity index (χ3v) is 11.1. The second kappa shape index (κ2) is 56.9. The number of esters is 3. The summed E-state index contributed by atoms with van der Waals surface area (Å²) in [6.07, 6.45) is 81.4. The normalized spacial score (nSPS) is 13.2. The highest BCUT2D eigenvalue weighted by Gasteiger charge is 2.19. The highest BCUT2D eigenvalue weighted by Crippen LogP contribution is 2.12. The van der Waals surface area contributed by atoms with Crippen LogP contribution in [0.3, 0.4) is 0 Å². The molecule has 0 N–H and O–H groups in total. The zero-order valence-electron chi connectivity index (χ0n) is 44.7. The van der Waals surface area contributed by atoms with Gasteiger partial charge < -0.3 is 14.2 Å². The van der Waals surface area contributed by atoms with Gasteiger partial charge in [0.2, 0.25) is 0 Å². The van der Waals surface area contributed by atoms with Crippen LogP contribution in [-0.2, 0) is 28.6 Å². The molecule has 0 saturated carbocycles. The second-order valence-corrected chi connectivity index (χ2v) is 17.7. The Labute approximate surface area is 429 Å². The lowest BCUT2D eigenvalue weighted by Gasteiger charge is -2.18. The Hall–Kier alpha value is -4.71. The number of carbonyl (C=O) groups excluding carboxylic acids is 3. The van der Waals surface area contributed by atoms with E-state index in [1.54, 1.807) is 0 Å². The van der Waals surface area contributed by atoms with E-state index in [0.717, 1.165) is 109 Å². The van der Waals surface area contributed by atoms with Crippen LogP contribution in [0, 0.1) is 0 Å². The molecule has 0 bridgehead atoms. The zero-order chi connectivity index (χ0) is 50.7. The largest absolute Gasteiger partial charge is 0.462 e. The molecule has 0 rings (SSSR count). The predicted molar refractivity (Wildman–Crippen MR) is 302 cm³/mol. The first-order chi connectivity index (χ1) is 34.5. The molecule has 70 heavy (non-hydrogen) atoms. The lowest BCUT2D eigenvalue weighted by atomic mass is 10.1. The van der Waals surface area contributed by atoms with E-state index in [9.17, 15) is 14.4 Å². The smallest absolute Gasteiger partial charge is 0.306 e. The molecule has 1 atom stereocenters. The monoisotopic (exact) mass is 965 g/mol. The van der Waals surface area contributed by atoms with Gasteiger partial charge in [-0.2, -0.15) is 0 Å². The topological polar surface area (TPSA) is 78.9 Å². The molecule has 0 aliphatic heterocycles. The average Bonchev–Trinajstić information content (AvgIpc) is 3.36. The summed E-state index contributed by atoms with van der Waals surface area (Å²) in [5, 5.41) is 0. The number of hydrogen-bond donors (Lipinski definition) is 0. The molecule has 0 saturated heterocycles. The summed E-state index contributed by atoms with van der Waals surface area (Å²) < 4.78 is 16.7. The maximum absolute atomic E-state index is 12.8. The Morgan fingerprint density at radius 2 is 0.600 bits per heavy atom. The van der Waals surface area contributed by atoms with Crippen LogP contribution in [-0.4, -0.2) is 37.2 Å². The van der Waals surface area contributed by atoms with Gasteiger partial charge in [0, 0.05) is 19.3 Å². The van der Waals surface area contributed by atoms with Gasteiger partial charge in [0.25, 0.3) is 0 Å². The van der Waals surface area contributed by atoms with Crippen molar-refractivity contribution in [2.75, 3.05) is 13.2 Å². The molecule has 0 fully saturated rings. The first-order valence-electron chi connectivity index (χ1n) is 27.8. The molecule has 0 spiro atoms. The van der Waals surface area contributed by atoms with Crippen molar-refractivity contribution in [1.82, 2.24) is 0 Å². The minimum atomic E-state index is -0.847. The van der Waals surface area contributed by atoms with Crippen molar-refractivity contribution in [1.29, 1.82) is 0 Å². The van der Waals surface area contributed by atoms with E-state index < -0.39 is 6.10 Å². The lowest BCUT2D eigenvalue weighted by molar-refractivity contribution is -0.166. The van der Waals surface area contributed by atoms with Crippen LogP contribution >= 0.6 is 0 Å². The van der Waals surface area contributed by atoms with E-state index in [1.807, 2.05) is 12.2 Å². The summed E-state index contributed by atoms with van der Waals surface area (Å²) in [5.41, 5.74) is 0. The minimum Gasteiger partial charge on any atom is -0.462 e. The van der Waals surface area contributed by atoms with E-state index in [4.69, 9.17) is 14.2 Å². The Kier molecular flexibility index (Phi) is 53.0. The van der Waals surface area contributed by atoms with Crippen LogP contribution in [0.2, 0.25) is 0 Å². The molecule has 0 aromatic rings. The summed E-state index contributed by atoms with van der Waals surface area (Å²) >= 11 is 0. The van der Waals surface area contributed by atoms with Crippen molar-refractivity contribution >= 4 is 17.9 Å². The van der Waals surface area contributed by atoms with Gasteiger partial charge in [0.15, 0.2) is 6.10 Å². The maximum Gasteiger partial charge on any atom is 0.306 e. The fourth-order valence-corrected chi connectivity index (χ4v) is 6.97. The molecule has 1 unspecified atom stereocenters. The Morgan fingerprint density at radius 3 is 1.00 bits per heavy atom. The SMILES string of the molecule is CC/C=C\C/C=C\C/C=C\C/C=C\C/C=C\C/C=C\CCC(=O)OCC(COC(=O)CCCCCCCC/C=C\C/C=C\C/C=C\CC)OC(=O)CCC/C=C\C/C=C\C/C=C\CCCCCCCC. The van der Waals surface area contributed by atoms with Crippen molar-refractivity contribution in [3.63, 3.8) is 0 Å². The van der Waals surface area contributed by atoms with E-state index in [1.165, 1.54) is 57.8 Å². The van der Waals surface area contributed by atoms with Gasteiger partial charge in [-0.25, -0.2) is 0 Å². The quantitative estimate of drug-likeness (QED) is 0.0262. The molecule has 0 aliphatic carbocycles. The van der Waals surface area contributed by atoms with Crippen molar-refractivity contribution in [2.45, 2.75) is 226 Å². The molecule has 0 radical (unpaired) electrons. The van der Waals surface area contributed by atoms with Crippen LogP contribution in [0.15, 0.2) is 146 Å². The molecule has 0 aromatic heterocycles. The standard InChI is InChI=1S/C64H100O6/c1-4-7-10-13-16-19-22-25-28-31-32-34-36-39-42-45-48-51-54-57-63(66)69-60-61(59-68-62(65)56-53-50-47-44-41-38-35-30-27-24-21-18-15-12-9-6-3)70-64(67)58-55-52-49-46-43-40-37-33-29-26-23-20-17-14-11-8-5-2/h7,9-10,12,16,18-19,21,25-30,32,34,37,39-40,42,46,48-49,51,61H,4-6,8,11,13-15,17,20,22-24,31,33,35-36,38,41,43-45,47,50,52-60H2,1-3H3/b10-7-,12-9-,19-16-,21-18-,28-25-,29-26-,30-27-,34-32-,40-37-,42-39-,49-46-,51-48-. The van der Waals surface area contributed by atoms with Gasteiger partial charge in [-0.15, -0.1) is 0 Å². The van der Waals surface area contributed by atoms with Crippen molar-refractivity contribution in [3.05, 3.63) is 146 Å². The molecular formula is C64H100O6. The van der Waals surface area contributed by atoms with Crippen LogP contribution in [0.4, 0.5) is 0 Å². The minimum absolute atomic E-state index is 0.134. The summed E-state index contributed by atoms with van der Waals surface area (Å²) in [6.45, 7) is 6.27. The molecule has 0 amide bonds. The Balaban J connectivity index is 4.63. The van der Waals surface area contributed by atoms with Gasteiger partial charge in [-0.3, -0.25) is 14.4 Å². The van der Waals surface area contributed by atoms with Crippen molar-refractivity contribution in [3.8, 4) is 0 Å². The number of allylic oxidation sites excluding steroid dienone is 24. The number of hydrogen-bond acceptors (Lipinski definition) is 6. The average molecular weight is 965 g/mol. The number of unbranched alkanes of at least 4 members (excludes halogenated alkanes) is 13. The van der Waals surface area contributed by atoms with Crippen LogP contribution < -0.4 is 0 Å². The van der Waals surface area contributed by atoms with E-state index >= 15 is 0 Å². The lowest BCUT2D eigenvalue weighted by Crippen LogP contribution is -2.30.